The zero-order chi connectivity index (χ0) is 20.8. The summed E-state index contributed by atoms with van der Waals surface area (Å²) >= 11 is 13.4. The minimum Gasteiger partial charge on any atom is -0.375 e. The highest BCUT2D eigenvalue weighted by atomic mass is 35.5. The van der Waals surface area contributed by atoms with Crippen LogP contribution in [0.15, 0.2) is 24.4 Å². The van der Waals surface area contributed by atoms with Gasteiger partial charge in [-0.15, -0.1) is 11.3 Å². The van der Waals surface area contributed by atoms with Crippen molar-refractivity contribution < 1.29 is 9.59 Å². The molecular weight excluding hydrogens is 421 g/mol. The number of thiazole rings is 1. The third-order valence-electron chi connectivity index (χ3n) is 4.31. The fourth-order valence-electron chi connectivity index (χ4n) is 2.38. The van der Waals surface area contributed by atoms with Crippen molar-refractivity contribution in [2.75, 3.05) is 26.4 Å². The van der Waals surface area contributed by atoms with Crippen molar-refractivity contribution in [1.29, 1.82) is 0 Å². The van der Waals surface area contributed by atoms with E-state index in [4.69, 9.17) is 28.9 Å². The normalized spacial score (nSPS) is 13.2. The van der Waals surface area contributed by atoms with Crippen LogP contribution >= 0.6 is 34.5 Å². The maximum Gasteiger partial charge on any atom is 0.237 e. The number of halogens is 2. The van der Waals surface area contributed by atoms with Crippen LogP contribution in [0.4, 0.5) is 5.13 Å². The Labute approximate surface area is 178 Å². The van der Waals surface area contributed by atoms with Gasteiger partial charge in [0.15, 0.2) is 5.13 Å². The summed E-state index contributed by atoms with van der Waals surface area (Å²) in [4.78, 5) is 31.7. The number of aromatic nitrogens is 1. The van der Waals surface area contributed by atoms with Gasteiger partial charge in [-0.1, -0.05) is 29.3 Å². The fourth-order valence-corrected chi connectivity index (χ4v) is 3.31. The fraction of sp³-hybridized carbons (Fsp3) is 0.389. The van der Waals surface area contributed by atoms with Crippen LogP contribution in [0.5, 0.6) is 0 Å². The van der Waals surface area contributed by atoms with Crippen molar-refractivity contribution in [2.24, 2.45) is 0 Å². The first-order chi connectivity index (χ1) is 13.2. The Hall–Kier alpha value is -1.87. The van der Waals surface area contributed by atoms with Crippen LogP contribution in [0.3, 0.4) is 0 Å². The Morgan fingerprint density at radius 2 is 1.93 bits per heavy atom. The predicted octanol–water partition coefficient (Wildman–Crippen LogP) is 2.50. The number of nitrogen functional groups attached to an aromatic ring is 1. The van der Waals surface area contributed by atoms with Gasteiger partial charge in [0.1, 0.15) is 0 Å². The number of anilines is 1. The van der Waals surface area contributed by atoms with E-state index >= 15 is 0 Å². The van der Waals surface area contributed by atoms with Gasteiger partial charge in [-0.3, -0.25) is 14.5 Å². The zero-order valence-electron chi connectivity index (χ0n) is 15.8. The molecule has 7 nitrogen and oxygen atoms in total. The summed E-state index contributed by atoms with van der Waals surface area (Å²) in [5.74, 6) is -1.04. The first-order valence-corrected chi connectivity index (χ1v) is 10.1. The van der Waals surface area contributed by atoms with Crippen LogP contribution in [-0.2, 0) is 16.1 Å². The number of likely N-dealkylation sites (N-methyl/N-ethyl adjacent to an activating group) is 1. The Balaban J connectivity index is 2.13. The third-order valence-corrected chi connectivity index (χ3v) is 5.87. The van der Waals surface area contributed by atoms with Crippen molar-refractivity contribution >= 4 is 51.5 Å². The van der Waals surface area contributed by atoms with Crippen LogP contribution in [-0.4, -0.2) is 48.4 Å². The van der Waals surface area contributed by atoms with Gasteiger partial charge >= 0.3 is 0 Å². The number of carbonyl (C=O) groups is 2. The molecule has 1 heterocycles. The second-order valence-electron chi connectivity index (χ2n) is 6.49. The monoisotopic (exact) mass is 443 g/mol. The maximum absolute atomic E-state index is 12.8. The molecule has 0 radical (unpaired) electrons. The Morgan fingerprint density at radius 1 is 1.21 bits per heavy atom. The molecule has 4 N–H and O–H groups in total. The first kappa shape index (κ1) is 22.4. The smallest absolute Gasteiger partial charge is 0.237 e. The molecule has 0 saturated carbocycles. The lowest BCUT2D eigenvalue weighted by Crippen LogP contribution is -2.44. The average molecular weight is 444 g/mol. The van der Waals surface area contributed by atoms with Crippen molar-refractivity contribution in [3.8, 4) is 0 Å². The van der Waals surface area contributed by atoms with Crippen LogP contribution in [0.1, 0.15) is 23.3 Å². The summed E-state index contributed by atoms with van der Waals surface area (Å²) in [6.07, 6.45) is 1.62. The number of nitrogens with zero attached hydrogens (tertiary/aromatic N) is 2. The lowest BCUT2D eigenvalue weighted by molar-refractivity contribution is -0.125. The minimum absolute atomic E-state index is 0.131. The number of nitrogens with one attached hydrogen (secondary N) is 2. The van der Waals surface area contributed by atoms with E-state index in [0.29, 0.717) is 27.3 Å². The SMILES string of the molecule is C[C@@H](C(=O)NC[C@H](C(=O)NCc1cnc(N)s1)c1ccc(Cl)c(Cl)c1)N(C)C. The van der Waals surface area contributed by atoms with E-state index in [0.717, 1.165) is 4.88 Å². The summed E-state index contributed by atoms with van der Waals surface area (Å²) in [7, 11) is 3.63. The highest BCUT2D eigenvalue weighted by Crippen LogP contribution is 2.27. The number of carbonyl (C=O) groups excluding carboxylic acids is 2. The molecule has 0 unspecified atom stereocenters. The van der Waals surface area contributed by atoms with Gasteiger partial charge in [0.25, 0.3) is 0 Å². The Morgan fingerprint density at radius 3 is 2.50 bits per heavy atom. The second kappa shape index (κ2) is 10.1. The second-order valence-corrected chi connectivity index (χ2v) is 8.45. The molecule has 2 atom stereocenters. The number of nitrogens with two attached hydrogens (primary N) is 1. The van der Waals surface area contributed by atoms with Crippen molar-refractivity contribution in [3.63, 3.8) is 0 Å². The van der Waals surface area contributed by atoms with Gasteiger partial charge in [-0.2, -0.15) is 0 Å². The summed E-state index contributed by atoms with van der Waals surface area (Å²) in [6.45, 7) is 2.22. The Bertz CT molecular complexity index is 843. The first-order valence-electron chi connectivity index (χ1n) is 8.56. The minimum atomic E-state index is -0.627. The number of rotatable bonds is 8. The summed E-state index contributed by atoms with van der Waals surface area (Å²) in [5, 5.41) is 6.88. The van der Waals surface area contributed by atoms with Gasteiger partial charge in [0, 0.05) is 17.6 Å². The van der Waals surface area contributed by atoms with E-state index in [-0.39, 0.29) is 24.4 Å². The molecule has 2 amide bonds. The predicted molar refractivity (Wildman–Crippen MR) is 114 cm³/mol. The molecule has 0 saturated heterocycles. The average Bonchev–Trinajstić information content (AvgIpc) is 3.07. The highest BCUT2D eigenvalue weighted by molar-refractivity contribution is 7.15. The van der Waals surface area contributed by atoms with Gasteiger partial charge in [0.2, 0.25) is 11.8 Å². The van der Waals surface area contributed by atoms with E-state index in [1.807, 2.05) is 14.1 Å². The maximum atomic E-state index is 12.8. The van der Waals surface area contributed by atoms with Gasteiger partial charge < -0.3 is 16.4 Å². The summed E-state index contributed by atoms with van der Waals surface area (Å²) in [5.41, 5.74) is 6.28. The molecule has 152 valence electrons. The summed E-state index contributed by atoms with van der Waals surface area (Å²) < 4.78 is 0. The van der Waals surface area contributed by atoms with Crippen LogP contribution in [0, 0.1) is 0 Å². The molecule has 2 aromatic rings. The van der Waals surface area contributed by atoms with E-state index in [2.05, 4.69) is 15.6 Å². The standard InChI is InChI=1S/C18H23Cl2N5O2S/c1-10(25(2)3)16(26)23-9-13(11-4-5-14(19)15(20)6-11)17(27)22-7-12-8-24-18(21)28-12/h4-6,8,10,13H,7,9H2,1-3H3,(H2,21,24)(H,22,27)(H,23,26)/t10-,13-/m0/s1. The van der Waals surface area contributed by atoms with Gasteiger partial charge in [0.05, 0.1) is 28.5 Å². The third kappa shape index (κ3) is 6.07. The molecular formula is C18H23Cl2N5O2S. The quantitative estimate of drug-likeness (QED) is 0.581. The van der Waals surface area contributed by atoms with Gasteiger partial charge in [-0.05, 0) is 38.7 Å². The molecule has 0 aliphatic heterocycles. The van der Waals surface area contributed by atoms with E-state index in [1.165, 1.54) is 11.3 Å². The van der Waals surface area contributed by atoms with E-state index in [1.54, 1.807) is 36.2 Å². The molecule has 0 bridgehead atoms. The van der Waals surface area contributed by atoms with Crippen LogP contribution in [0.2, 0.25) is 10.0 Å². The largest absolute Gasteiger partial charge is 0.375 e. The molecule has 2 rings (SSSR count). The van der Waals surface area contributed by atoms with E-state index in [9.17, 15) is 9.59 Å². The Kier molecular flexibility index (Phi) is 8.06. The lowest BCUT2D eigenvalue weighted by atomic mass is 9.97. The van der Waals surface area contributed by atoms with Crippen molar-refractivity contribution in [3.05, 3.63) is 44.9 Å². The topological polar surface area (TPSA) is 100 Å². The molecule has 0 spiro atoms. The number of hydrogen-bond donors (Lipinski definition) is 3. The zero-order valence-corrected chi connectivity index (χ0v) is 18.2. The van der Waals surface area contributed by atoms with Crippen molar-refractivity contribution in [1.82, 2.24) is 20.5 Å². The number of hydrogen-bond acceptors (Lipinski definition) is 6. The lowest BCUT2D eigenvalue weighted by Gasteiger charge is -2.22. The molecule has 1 aromatic heterocycles. The van der Waals surface area contributed by atoms with Crippen LogP contribution in [0.25, 0.3) is 0 Å². The molecule has 0 aliphatic carbocycles. The number of benzene rings is 1. The number of amides is 2. The van der Waals surface area contributed by atoms with E-state index < -0.39 is 5.92 Å². The van der Waals surface area contributed by atoms with Crippen LogP contribution < -0.4 is 16.4 Å². The van der Waals surface area contributed by atoms with Gasteiger partial charge in [-0.25, -0.2) is 4.98 Å². The molecule has 10 heteroatoms. The molecule has 0 aliphatic rings. The highest BCUT2D eigenvalue weighted by Gasteiger charge is 2.24. The van der Waals surface area contributed by atoms with Crippen molar-refractivity contribution in [2.45, 2.75) is 25.4 Å². The molecule has 28 heavy (non-hydrogen) atoms. The molecule has 0 fully saturated rings. The molecule has 1 aromatic carbocycles. The summed E-state index contributed by atoms with van der Waals surface area (Å²) in [6, 6.07) is 4.68.